The number of nitrogens with one attached hydrogen (secondary N) is 1. The highest BCUT2D eigenvalue weighted by atomic mass is 32.2. The zero-order valence-corrected chi connectivity index (χ0v) is 19.3. The number of ether oxygens (including phenoxy) is 1. The largest absolute Gasteiger partial charge is 0.495 e. The van der Waals surface area contributed by atoms with Crippen LogP contribution in [0.15, 0.2) is 82.2 Å². The van der Waals surface area contributed by atoms with Crippen molar-refractivity contribution in [1.82, 2.24) is 4.98 Å². The summed E-state index contributed by atoms with van der Waals surface area (Å²) >= 11 is 0. The van der Waals surface area contributed by atoms with Gasteiger partial charge in [-0.3, -0.25) is 0 Å². The highest BCUT2D eigenvalue weighted by Crippen LogP contribution is 2.33. The highest BCUT2D eigenvalue weighted by Gasteiger charge is 2.16. The molecule has 0 aliphatic carbocycles. The Morgan fingerprint density at radius 2 is 1.74 bits per heavy atom. The predicted molar refractivity (Wildman–Crippen MR) is 128 cm³/mol. The first-order valence-electron chi connectivity index (χ1n) is 10.4. The molecule has 0 amide bonds. The lowest BCUT2D eigenvalue weighted by Crippen LogP contribution is -2.05. The molecule has 2 N–H and O–H groups in total. The number of methoxy groups -OCH3 is 1. The number of carbonyl (C=O) groups is 1. The summed E-state index contributed by atoms with van der Waals surface area (Å²) in [5, 5.41) is 12.2. The van der Waals surface area contributed by atoms with Crippen molar-refractivity contribution in [2.75, 3.05) is 18.2 Å². The van der Waals surface area contributed by atoms with E-state index in [1.165, 1.54) is 19.2 Å². The Balaban J connectivity index is 1.63. The smallest absolute Gasteiger partial charge is 0.335 e. The Bertz CT molecular complexity index is 1460. The van der Waals surface area contributed by atoms with E-state index in [9.17, 15) is 18.3 Å². The van der Waals surface area contributed by atoms with Gasteiger partial charge >= 0.3 is 5.97 Å². The quantitative estimate of drug-likeness (QED) is 0.352. The number of nitrogens with zero attached hydrogens (tertiary/aromatic N) is 1. The van der Waals surface area contributed by atoms with Gasteiger partial charge in [-0.2, -0.15) is 0 Å². The molecule has 4 aromatic rings. The molecule has 0 spiro atoms. The molecule has 0 unspecified atom stereocenters. The molecule has 8 nitrogen and oxygen atoms in total. The Kier molecular flexibility index (Phi) is 6.38. The van der Waals surface area contributed by atoms with Gasteiger partial charge in [0.15, 0.2) is 15.6 Å². The van der Waals surface area contributed by atoms with Crippen molar-refractivity contribution in [2.45, 2.75) is 11.8 Å². The Labute approximate surface area is 196 Å². The first kappa shape index (κ1) is 23.1. The molecule has 34 heavy (non-hydrogen) atoms. The van der Waals surface area contributed by atoms with Gasteiger partial charge in [-0.15, -0.1) is 0 Å². The topological polar surface area (TPSA) is 119 Å². The maximum Gasteiger partial charge on any atom is 0.335 e. The monoisotopic (exact) mass is 478 g/mol. The molecule has 0 saturated heterocycles. The van der Waals surface area contributed by atoms with E-state index in [-0.39, 0.29) is 22.2 Å². The molecule has 3 aromatic carbocycles. The molecule has 174 valence electrons. The maximum absolute atomic E-state index is 12.3. The van der Waals surface area contributed by atoms with Crippen LogP contribution in [0.25, 0.3) is 22.5 Å². The molecule has 1 aromatic heterocycles. The van der Waals surface area contributed by atoms with E-state index in [1.807, 2.05) is 30.3 Å². The van der Waals surface area contributed by atoms with Crippen molar-refractivity contribution >= 4 is 27.5 Å². The van der Waals surface area contributed by atoms with Crippen LogP contribution in [-0.4, -0.2) is 37.3 Å². The van der Waals surface area contributed by atoms with E-state index in [0.717, 1.165) is 16.7 Å². The normalized spacial score (nSPS) is 11.2. The SMILES string of the molecule is CCS(=O)(=O)c1ccc(OC)c(Nc2ncc(-c3cccc(-c4cccc(C(=O)O)c4)c3)o2)c1. The second-order valence-corrected chi connectivity index (χ2v) is 9.67. The first-order chi connectivity index (χ1) is 16.3. The summed E-state index contributed by atoms with van der Waals surface area (Å²) in [6.07, 6.45) is 1.55. The third-order valence-electron chi connectivity index (χ3n) is 5.25. The summed E-state index contributed by atoms with van der Waals surface area (Å²) in [6, 6.07) is 18.8. The number of aromatic nitrogens is 1. The summed E-state index contributed by atoms with van der Waals surface area (Å²) in [4.78, 5) is 15.7. The number of hydrogen-bond acceptors (Lipinski definition) is 7. The van der Waals surface area contributed by atoms with E-state index in [0.29, 0.717) is 17.2 Å². The summed E-state index contributed by atoms with van der Waals surface area (Å²) < 4.78 is 35.7. The molecule has 9 heteroatoms. The Hall–Kier alpha value is -4.11. The molecule has 1 heterocycles. The van der Waals surface area contributed by atoms with E-state index < -0.39 is 15.8 Å². The zero-order valence-electron chi connectivity index (χ0n) is 18.5. The fourth-order valence-electron chi connectivity index (χ4n) is 3.41. The van der Waals surface area contributed by atoms with Crippen molar-refractivity contribution < 1.29 is 27.5 Å². The van der Waals surface area contributed by atoms with Gasteiger partial charge in [-0.1, -0.05) is 37.3 Å². The summed E-state index contributed by atoms with van der Waals surface area (Å²) in [5.41, 5.74) is 2.94. The predicted octanol–water partition coefficient (Wildman–Crippen LogP) is 5.25. The minimum absolute atomic E-state index is 0.0202. The number of sulfone groups is 1. The second kappa shape index (κ2) is 9.40. The van der Waals surface area contributed by atoms with Crippen molar-refractivity contribution in [3.8, 4) is 28.2 Å². The van der Waals surface area contributed by atoms with E-state index >= 15 is 0 Å². The van der Waals surface area contributed by atoms with Crippen LogP contribution in [0.1, 0.15) is 17.3 Å². The minimum atomic E-state index is -3.40. The van der Waals surface area contributed by atoms with Gasteiger partial charge in [0.2, 0.25) is 0 Å². The molecule has 4 rings (SSSR count). The van der Waals surface area contributed by atoms with E-state index in [4.69, 9.17) is 9.15 Å². The van der Waals surface area contributed by atoms with Crippen LogP contribution in [-0.2, 0) is 9.84 Å². The number of carboxylic acid groups (broad SMARTS) is 1. The molecular formula is C25H22N2O6S. The number of rotatable bonds is 8. The number of carboxylic acids is 1. The average molecular weight is 479 g/mol. The number of anilines is 2. The van der Waals surface area contributed by atoms with Crippen molar-refractivity contribution in [3.63, 3.8) is 0 Å². The third kappa shape index (κ3) is 4.79. The molecule has 0 radical (unpaired) electrons. The Morgan fingerprint density at radius 3 is 2.44 bits per heavy atom. The highest BCUT2D eigenvalue weighted by molar-refractivity contribution is 7.91. The van der Waals surface area contributed by atoms with Crippen molar-refractivity contribution in [2.24, 2.45) is 0 Å². The first-order valence-corrected chi connectivity index (χ1v) is 12.0. The lowest BCUT2D eigenvalue weighted by molar-refractivity contribution is 0.0697. The standard InChI is InChI=1S/C25H22N2O6S/c1-3-34(30,31)20-10-11-22(32-2)21(14-20)27-25-26-15-23(33-25)18-8-4-6-16(12-18)17-7-5-9-19(13-17)24(28)29/h4-15H,3H2,1-2H3,(H,26,27)(H,28,29). The fourth-order valence-corrected chi connectivity index (χ4v) is 4.32. The molecule has 0 saturated carbocycles. The number of hydrogen-bond donors (Lipinski definition) is 2. The zero-order chi connectivity index (χ0) is 24.3. The van der Waals surface area contributed by atoms with Gasteiger partial charge in [0, 0.05) is 5.56 Å². The maximum atomic E-state index is 12.3. The molecule has 0 atom stereocenters. The van der Waals surface area contributed by atoms with E-state index in [1.54, 1.807) is 37.4 Å². The van der Waals surface area contributed by atoms with Crippen LogP contribution in [0.5, 0.6) is 5.75 Å². The number of benzene rings is 3. The average Bonchev–Trinajstić information content (AvgIpc) is 3.32. The van der Waals surface area contributed by atoms with Crippen LogP contribution in [0.2, 0.25) is 0 Å². The van der Waals surface area contributed by atoms with E-state index in [2.05, 4.69) is 10.3 Å². The lowest BCUT2D eigenvalue weighted by Gasteiger charge is -2.11. The van der Waals surface area contributed by atoms with Crippen molar-refractivity contribution in [1.29, 1.82) is 0 Å². The summed E-state index contributed by atoms with van der Waals surface area (Å²) in [5.74, 6) is -0.0893. The van der Waals surface area contributed by atoms with Gasteiger partial charge in [0.05, 0.1) is 35.2 Å². The molecule has 0 aliphatic rings. The van der Waals surface area contributed by atoms with Crippen LogP contribution in [0.4, 0.5) is 11.7 Å². The van der Waals surface area contributed by atoms with Crippen LogP contribution in [0.3, 0.4) is 0 Å². The summed E-state index contributed by atoms with van der Waals surface area (Å²) in [7, 11) is -1.91. The van der Waals surface area contributed by atoms with Gasteiger partial charge in [0.1, 0.15) is 5.75 Å². The van der Waals surface area contributed by atoms with Gasteiger partial charge in [-0.05, 0) is 47.5 Å². The molecule has 0 bridgehead atoms. The fraction of sp³-hybridized carbons (Fsp3) is 0.120. The Morgan fingerprint density at radius 1 is 1.03 bits per heavy atom. The minimum Gasteiger partial charge on any atom is -0.495 e. The molecular weight excluding hydrogens is 456 g/mol. The molecule has 0 aliphatic heterocycles. The second-order valence-electron chi connectivity index (χ2n) is 7.39. The van der Waals surface area contributed by atoms with Crippen LogP contribution >= 0.6 is 0 Å². The van der Waals surface area contributed by atoms with Crippen LogP contribution < -0.4 is 10.1 Å². The van der Waals surface area contributed by atoms with Gasteiger partial charge < -0.3 is 19.6 Å². The van der Waals surface area contributed by atoms with Gasteiger partial charge in [-0.25, -0.2) is 18.2 Å². The third-order valence-corrected chi connectivity index (χ3v) is 6.98. The molecule has 0 fully saturated rings. The van der Waals surface area contributed by atoms with Crippen molar-refractivity contribution in [3.05, 3.63) is 78.5 Å². The number of oxazole rings is 1. The number of aromatic carboxylic acids is 1. The summed E-state index contributed by atoms with van der Waals surface area (Å²) in [6.45, 7) is 1.58. The van der Waals surface area contributed by atoms with Crippen LogP contribution in [0, 0.1) is 0 Å². The lowest BCUT2D eigenvalue weighted by atomic mass is 10.0. The van der Waals surface area contributed by atoms with Gasteiger partial charge in [0.25, 0.3) is 6.01 Å².